The molecule has 0 aliphatic rings. The highest BCUT2D eigenvalue weighted by Gasteiger charge is 2.22. The maximum absolute atomic E-state index is 9.21. The topological polar surface area (TPSA) is 157 Å². The molecule has 1 unspecified atom stereocenters. The lowest BCUT2D eigenvalue weighted by Gasteiger charge is -2.13. The summed E-state index contributed by atoms with van der Waals surface area (Å²) < 4.78 is 13.2. The Kier molecular flexibility index (Phi) is 11.3. The molecule has 2 aromatic carbocycles. The predicted molar refractivity (Wildman–Crippen MR) is 149 cm³/mol. The lowest BCUT2D eigenvalue weighted by atomic mass is 10.2. The third kappa shape index (κ3) is 7.94. The van der Waals surface area contributed by atoms with Gasteiger partial charge in [0.1, 0.15) is 24.9 Å². The summed E-state index contributed by atoms with van der Waals surface area (Å²) in [6, 6.07) is 25.6. The van der Waals surface area contributed by atoms with Crippen molar-refractivity contribution in [1.82, 2.24) is 19.5 Å². The molecule has 0 aliphatic carbocycles. The SMILES string of the molecule is CC(C#N)Cn1c(-c2ccccc2)nc(OCCC#N)c1OCCC#N.Cc1[nH]c(-c2ccccc2)nc1CO. The van der Waals surface area contributed by atoms with Crippen LogP contribution in [0, 0.1) is 46.8 Å². The molecule has 2 aromatic heterocycles. The van der Waals surface area contributed by atoms with Gasteiger partial charge in [-0.15, -0.1) is 0 Å². The molecule has 10 heteroatoms. The molecular weight excluding hydrogens is 506 g/mol. The smallest absolute Gasteiger partial charge is 0.278 e. The van der Waals surface area contributed by atoms with Gasteiger partial charge in [0.25, 0.3) is 11.8 Å². The standard InChI is InChI=1S/C19H19N5O2.C11H12N2O/c1-15(13-22)14-24-17(16-7-3-2-4-8-16)23-18(25-11-5-9-20)19(24)26-12-6-10-21;1-8-10(7-14)13-11(12-8)9-5-3-2-4-6-9/h2-4,7-8,15H,5-6,11-12,14H2,1H3;2-6,14H,7H2,1H3,(H,12,13). The van der Waals surface area contributed by atoms with Gasteiger partial charge in [-0.25, -0.2) is 4.98 Å². The van der Waals surface area contributed by atoms with E-state index in [9.17, 15) is 5.26 Å². The molecule has 4 aromatic rings. The predicted octanol–water partition coefficient (Wildman–Crippen LogP) is 5.17. The number of nitrogens with zero attached hydrogens (tertiary/aromatic N) is 6. The van der Waals surface area contributed by atoms with Crippen molar-refractivity contribution in [3.63, 3.8) is 0 Å². The van der Waals surface area contributed by atoms with Crippen molar-refractivity contribution in [2.75, 3.05) is 13.2 Å². The molecule has 0 aliphatic heterocycles. The number of rotatable bonds is 11. The Morgan fingerprint density at radius 1 is 0.900 bits per heavy atom. The summed E-state index contributed by atoms with van der Waals surface area (Å²) in [4.78, 5) is 12.0. The fourth-order valence-electron chi connectivity index (χ4n) is 3.71. The van der Waals surface area contributed by atoms with Crippen LogP contribution in [0.5, 0.6) is 11.8 Å². The lowest BCUT2D eigenvalue weighted by Crippen LogP contribution is -2.11. The van der Waals surface area contributed by atoms with Gasteiger partial charge < -0.3 is 19.6 Å². The first-order valence-electron chi connectivity index (χ1n) is 12.8. The Bertz CT molecular complexity index is 1480. The maximum Gasteiger partial charge on any atom is 0.278 e. The van der Waals surface area contributed by atoms with Crippen LogP contribution >= 0.6 is 0 Å². The normalized spacial score (nSPS) is 10.8. The van der Waals surface area contributed by atoms with Crippen LogP contribution in [0.15, 0.2) is 60.7 Å². The molecule has 40 heavy (non-hydrogen) atoms. The number of aryl methyl sites for hydroxylation is 1. The van der Waals surface area contributed by atoms with Crippen LogP contribution in [0.4, 0.5) is 0 Å². The maximum atomic E-state index is 9.21. The molecular formula is C30H31N7O3. The van der Waals surface area contributed by atoms with Gasteiger partial charge in [0.15, 0.2) is 0 Å². The fourth-order valence-corrected chi connectivity index (χ4v) is 3.71. The average Bonchev–Trinajstić information content (AvgIpc) is 3.54. The molecule has 0 saturated carbocycles. The first kappa shape index (κ1) is 29.4. The highest BCUT2D eigenvalue weighted by Crippen LogP contribution is 2.34. The number of ether oxygens (including phenoxy) is 2. The summed E-state index contributed by atoms with van der Waals surface area (Å²) in [5.74, 6) is 1.80. The Balaban J connectivity index is 0.000000263. The first-order valence-corrected chi connectivity index (χ1v) is 12.8. The fraction of sp³-hybridized carbons (Fsp3) is 0.300. The number of aliphatic hydroxyl groups is 1. The number of aromatic nitrogens is 4. The van der Waals surface area contributed by atoms with Gasteiger partial charge >= 0.3 is 0 Å². The molecule has 1 atom stereocenters. The summed E-state index contributed by atoms with van der Waals surface area (Å²) in [6.07, 6.45) is 0.442. The highest BCUT2D eigenvalue weighted by atomic mass is 16.5. The average molecular weight is 538 g/mol. The highest BCUT2D eigenvalue weighted by molar-refractivity contribution is 5.59. The summed E-state index contributed by atoms with van der Waals surface area (Å²) in [7, 11) is 0. The zero-order chi connectivity index (χ0) is 28.7. The van der Waals surface area contributed by atoms with Gasteiger partial charge in [-0.3, -0.25) is 4.57 Å². The van der Waals surface area contributed by atoms with Crippen LogP contribution in [-0.2, 0) is 13.2 Å². The Labute approximate surface area is 233 Å². The molecule has 2 N–H and O–H groups in total. The number of aliphatic hydroxyl groups excluding tert-OH is 1. The van der Waals surface area contributed by atoms with Crippen molar-refractivity contribution in [2.24, 2.45) is 5.92 Å². The number of H-pyrrole nitrogens is 1. The third-order valence-corrected chi connectivity index (χ3v) is 5.69. The molecule has 204 valence electrons. The van der Waals surface area contributed by atoms with E-state index in [0.29, 0.717) is 23.9 Å². The van der Waals surface area contributed by atoms with Gasteiger partial charge in [0.05, 0.1) is 49.3 Å². The molecule has 0 amide bonds. The van der Waals surface area contributed by atoms with Crippen LogP contribution in [0.25, 0.3) is 22.8 Å². The van der Waals surface area contributed by atoms with Crippen LogP contribution < -0.4 is 9.47 Å². The van der Waals surface area contributed by atoms with Crippen molar-refractivity contribution < 1.29 is 14.6 Å². The molecule has 0 saturated heterocycles. The van der Waals surface area contributed by atoms with Gasteiger partial charge in [-0.1, -0.05) is 60.7 Å². The van der Waals surface area contributed by atoms with Crippen LogP contribution in [-0.4, -0.2) is 37.8 Å². The van der Waals surface area contributed by atoms with E-state index in [4.69, 9.17) is 25.1 Å². The van der Waals surface area contributed by atoms with Gasteiger partial charge in [0, 0.05) is 23.4 Å². The quantitative estimate of drug-likeness (QED) is 0.248. The van der Waals surface area contributed by atoms with E-state index in [1.807, 2.05) is 86.6 Å². The van der Waals surface area contributed by atoms with Gasteiger partial charge in [0.2, 0.25) is 0 Å². The number of hydrogen-bond acceptors (Lipinski definition) is 8. The minimum atomic E-state index is -0.267. The zero-order valence-electron chi connectivity index (χ0n) is 22.5. The molecule has 2 heterocycles. The molecule has 0 fully saturated rings. The molecule has 0 radical (unpaired) electrons. The summed E-state index contributed by atoms with van der Waals surface area (Å²) in [5.41, 5.74) is 3.53. The number of nitrogens with one attached hydrogen (secondary N) is 1. The summed E-state index contributed by atoms with van der Waals surface area (Å²) in [5, 5.41) is 35.7. The first-order chi connectivity index (χ1) is 19.5. The van der Waals surface area contributed by atoms with E-state index in [-0.39, 0.29) is 44.5 Å². The third-order valence-electron chi connectivity index (χ3n) is 5.69. The van der Waals surface area contributed by atoms with Crippen molar-refractivity contribution >= 4 is 0 Å². The lowest BCUT2D eigenvalue weighted by molar-refractivity contribution is 0.253. The number of aromatic amines is 1. The number of imidazole rings is 2. The molecule has 10 nitrogen and oxygen atoms in total. The van der Waals surface area contributed by atoms with Crippen LogP contribution in [0.3, 0.4) is 0 Å². The van der Waals surface area contributed by atoms with Crippen molar-refractivity contribution in [3.05, 3.63) is 72.1 Å². The Morgan fingerprint density at radius 2 is 1.50 bits per heavy atom. The van der Waals surface area contributed by atoms with E-state index in [1.54, 1.807) is 4.57 Å². The zero-order valence-corrected chi connectivity index (χ0v) is 22.5. The summed E-state index contributed by atoms with van der Waals surface area (Å²) >= 11 is 0. The monoisotopic (exact) mass is 537 g/mol. The minimum Gasteiger partial charge on any atom is -0.474 e. The van der Waals surface area contributed by atoms with E-state index < -0.39 is 0 Å². The van der Waals surface area contributed by atoms with Crippen LogP contribution in [0.1, 0.15) is 31.2 Å². The number of hydrogen-bond donors (Lipinski definition) is 2. The molecule has 4 rings (SSSR count). The van der Waals surface area contributed by atoms with Gasteiger partial charge in [-0.05, 0) is 13.8 Å². The van der Waals surface area contributed by atoms with E-state index in [2.05, 4.69) is 21.0 Å². The number of nitriles is 3. The van der Waals surface area contributed by atoms with E-state index in [1.165, 1.54) is 0 Å². The van der Waals surface area contributed by atoms with Crippen molar-refractivity contribution in [1.29, 1.82) is 15.8 Å². The van der Waals surface area contributed by atoms with Gasteiger partial charge in [-0.2, -0.15) is 20.8 Å². The second-order valence-corrected chi connectivity index (χ2v) is 8.75. The second-order valence-electron chi connectivity index (χ2n) is 8.75. The second kappa shape index (κ2) is 15.3. The van der Waals surface area contributed by atoms with Crippen molar-refractivity contribution in [2.45, 2.75) is 39.8 Å². The summed E-state index contributed by atoms with van der Waals surface area (Å²) in [6.45, 7) is 4.44. The van der Waals surface area contributed by atoms with E-state index in [0.717, 1.165) is 22.6 Å². The largest absolute Gasteiger partial charge is 0.474 e. The Hall–Kier alpha value is -5.11. The molecule has 0 bridgehead atoms. The minimum absolute atomic E-state index is 0.0187. The number of benzene rings is 2. The Morgan fingerprint density at radius 3 is 2.05 bits per heavy atom. The van der Waals surface area contributed by atoms with Crippen LogP contribution in [0.2, 0.25) is 0 Å². The molecule has 0 spiro atoms. The van der Waals surface area contributed by atoms with Crippen molar-refractivity contribution in [3.8, 4) is 52.7 Å². The van der Waals surface area contributed by atoms with E-state index >= 15 is 0 Å².